The molecule has 0 spiro atoms. The smallest absolute Gasteiger partial charge is 0.438 e. The number of hydrogen-bond acceptors (Lipinski definition) is 5. The van der Waals surface area contributed by atoms with E-state index in [1.807, 2.05) is 0 Å². The third-order valence-corrected chi connectivity index (χ3v) is 4.36. The number of aromatic nitrogens is 1. The fourth-order valence-electron chi connectivity index (χ4n) is 1.71. The van der Waals surface area contributed by atoms with Crippen LogP contribution in [0.15, 0.2) is 34.7 Å². The lowest BCUT2D eigenvalue weighted by Gasteiger charge is -2.12. The van der Waals surface area contributed by atoms with Crippen LogP contribution in [0.4, 0.5) is 26.3 Å². The molecule has 2 heterocycles. The van der Waals surface area contributed by atoms with E-state index in [0.29, 0.717) is 16.9 Å². The SMILES string of the molecule is CC=C(Oc1cc(C)cc(Oc2csc(C(F)(F)F)c2)n1)SC(F)(F)F. The Morgan fingerprint density at radius 1 is 1.12 bits per heavy atom. The first-order valence-electron chi connectivity index (χ1n) is 6.88. The number of alkyl halides is 6. The van der Waals surface area contributed by atoms with E-state index in [-0.39, 0.29) is 17.5 Å². The largest absolute Gasteiger partial charge is 0.449 e. The van der Waals surface area contributed by atoms with Gasteiger partial charge in [0.05, 0.1) is 0 Å². The molecular formula is C15H11F6NO2S2. The number of nitrogens with zero attached hydrogens (tertiary/aromatic N) is 1. The van der Waals surface area contributed by atoms with Gasteiger partial charge in [-0.25, -0.2) is 0 Å². The van der Waals surface area contributed by atoms with Crippen molar-refractivity contribution in [2.75, 3.05) is 0 Å². The predicted molar refractivity (Wildman–Crippen MR) is 86.4 cm³/mol. The van der Waals surface area contributed by atoms with Crippen molar-refractivity contribution in [2.45, 2.75) is 25.5 Å². The maximum absolute atomic E-state index is 12.6. The zero-order valence-corrected chi connectivity index (χ0v) is 14.9. The second-order valence-corrected chi connectivity index (χ2v) is 6.81. The zero-order valence-electron chi connectivity index (χ0n) is 13.2. The van der Waals surface area contributed by atoms with Gasteiger partial charge < -0.3 is 9.47 Å². The molecule has 0 amide bonds. The number of halogens is 6. The van der Waals surface area contributed by atoms with Gasteiger partial charge in [0.15, 0.2) is 5.09 Å². The van der Waals surface area contributed by atoms with Crippen LogP contribution in [0.2, 0.25) is 0 Å². The van der Waals surface area contributed by atoms with E-state index >= 15 is 0 Å². The molecule has 3 nitrogen and oxygen atoms in total. The molecule has 0 aromatic carbocycles. The maximum Gasteiger partial charge on any atom is 0.449 e. The number of ether oxygens (including phenoxy) is 2. The van der Waals surface area contributed by atoms with Gasteiger partial charge in [0.2, 0.25) is 11.8 Å². The van der Waals surface area contributed by atoms with E-state index in [1.165, 1.54) is 19.1 Å². The highest BCUT2D eigenvalue weighted by atomic mass is 32.2. The van der Waals surface area contributed by atoms with Crippen molar-refractivity contribution in [2.24, 2.45) is 0 Å². The maximum atomic E-state index is 12.6. The van der Waals surface area contributed by atoms with E-state index in [9.17, 15) is 26.3 Å². The normalized spacial score (nSPS) is 13.0. The van der Waals surface area contributed by atoms with E-state index in [0.717, 1.165) is 17.5 Å². The van der Waals surface area contributed by atoms with Gasteiger partial charge in [-0.1, -0.05) is 0 Å². The fourth-order valence-corrected chi connectivity index (χ4v) is 2.86. The molecule has 26 heavy (non-hydrogen) atoms. The van der Waals surface area contributed by atoms with E-state index in [1.54, 1.807) is 6.92 Å². The highest BCUT2D eigenvalue weighted by molar-refractivity contribution is 8.03. The Hall–Kier alpha value is -1.88. The first-order valence-corrected chi connectivity index (χ1v) is 8.58. The molecule has 0 saturated heterocycles. The topological polar surface area (TPSA) is 31.4 Å². The summed E-state index contributed by atoms with van der Waals surface area (Å²) in [7, 11) is 0. The minimum atomic E-state index is -4.53. The minimum absolute atomic E-state index is 0.0812. The van der Waals surface area contributed by atoms with Crippen LogP contribution in [0, 0.1) is 6.92 Å². The molecule has 2 rings (SSSR count). The quantitative estimate of drug-likeness (QED) is 0.399. The molecule has 0 aliphatic heterocycles. The van der Waals surface area contributed by atoms with Crippen LogP contribution >= 0.6 is 23.1 Å². The summed E-state index contributed by atoms with van der Waals surface area (Å²) >= 11 is 0.0115. The molecule has 2 aromatic heterocycles. The monoisotopic (exact) mass is 415 g/mol. The fraction of sp³-hybridized carbons (Fsp3) is 0.267. The lowest BCUT2D eigenvalue weighted by Crippen LogP contribution is -2.05. The molecular weight excluding hydrogens is 404 g/mol. The molecule has 0 unspecified atom stereocenters. The molecule has 0 bridgehead atoms. The minimum Gasteiger partial charge on any atom is -0.438 e. The van der Waals surface area contributed by atoms with E-state index in [4.69, 9.17) is 9.47 Å². The van der Waals surface area contributed by atoms with Crippen LogP contribution in [0.3, 0.4) is 0 Å². The van der Waals surface area contributed by atoms with Crippen LogP contribution in [0.25, 0.3) is 0 Å². The molecule has 2 aromatic rings. The van der Waals surface area contributed by atoms with Gasteiger partial charge in [0.25, 0.3) is 0 Å². The highest BCUT2D eigenvalue weighted by Gasteiger charge is 2.33. The molecule has 0 aliphatic rings. The second-order valence-electron chi connectivity index (χ2n) is 4.83. The first kappa shape index (κ1) is 20.4. The van der Waals surface area contributed by atoms with Gasteiger partial charge in [-0.05, 0) is 25.5 Å². The Morgan fingerprint density at radius 3 is 2.31 bits per heavy atom. The summed E-state index contributed by atoms with van der Waals surface area (Å²) in [6.45, 7) is 2.98. The first-order chi connectivity index (χ1) is 12.0. The number of thioether (sulfide) groups is 1. The van der Waals surface area contributed by atoms with Gasteiger partial charge in [0.1, 0.15) is 10.6 Å². The third-order valence-electron chi connectivity index (χ3n) is 2.66. The van der Waals surface area contributed by atoms with Crippen molar-refractivity contribution in [3.63, 3.8) is 0 Å². The van der Waals surface area contributed by atoms with E-state index < -0.39 is 33.4 Å². The van der Waals surface area contributed by atoms with Crippen molar-refractivity contribution in [3.05, 3.63) is 45.2 Å². The number of pyridine rings is 1. The average molecular weight is 415 g/mol. The molecule has 0 radical (unpaired) electrons. The van der Waals surface area contributed by atoms with Crippen molar-refractivity contribution < 1.29 is 35.8 Å². The van der Waals surface area contributed by atoms with Gasteiger partial charge in [-0.15, -0.1) is 11.3 Å². The van der Waals surface area contributed by atoms with Gasteiger partial charge >= 0.3 is 11.7 Å². The summed E-state index contributed by atoms with van der Waals surface area (Å²) in [4.78, 5) is 3.04. The molecule has 0 N–H and O–H groups in total. The Labute approximate surface area is 152 Å². The van der Waals surface area contributed by atoms with Gasteiger partial charge in [-0.2, -0.15) is 31.3 Å². The van der Waals surface area contributed by atoms with Crippen LogP contribution in [-0.4, -0.2) is 10.5 Å². The average Bonchev–Trinajstić information content (AvgIpc) is 2.93. The van der Waals surface area contributed by atoms with E-state index in [2.05, 4.69) is 4.98 Å². The number of hydrogen-bond donors (Lipinski definition) is 0. The summed E-state index contributed by atoms with van der Waals surface area (Å²) in [5.41, 5.74) is -3.99. The summed E-state index contributed by atoms with van der Waals surface area (Å²) in [6.07, 6.45) is -3.37. The summed E-state index contributed by atoms with van der Waals surface area (Å²) in [5.74, 6) is -0.350. The third kappa shape index (κ3) is 6.13. The molecule has 0 atom stereocenters. The van der Waals surface area contributed by atoms with Gasteiger partial charge in [0, 0.05) is 35.3 Å². The van der Waals surface area contributed by atoms with Crippen LogP contribution in [0.5, 0.6) is 17.5 Å². The molecule has 0 aliphatic carbocycles. The molecule has 11 heteroatoms. The summed E-state index contributed by atoms with van der Waals surface area (Å²) in [5, 5.41) is 0.723. The Bertz CT molecular complexity index is 798. The Kier molecular flexibility index (Phi) is 6.12. The summed E-state index contributed by atoms with van der Waals surface area (Å²) in [6, 6.07) is 3.61. The second kappa shape index (κ2) is 7.78. The van der Waals surface area contributed by atoms with Crippen LogP contribution in [0.1, 0.15) is 17.4 Å². The zero-order chi connectivity index (χ0) is 19.5. The predicted octanol–water partition coefficient (Wildman–Crippen LogP) is 6.76. The van der Waals surface area contributed by atoms with Crippen molar-refractivity contribution in [1.29, 1.82) is 0 Å². The number of allylic oxidation sites excluding steroid dienone is 1. The van der Waals surface area contributed by atoms with Gasteiger partial charge in [-0.3, -0.25) is 0 Å². The number of aryl methyl sites for hydroxylation is 1. The standard InChI is InChI=1S/C15H11F6NO2S2/c1-3-13(26-15(19,20)21)24-12-5-8(2)4-11(22-12)23-9-6-10(25-7-9)14(16,17)18/h3-7H,1-2H3. The number of rotatable bonds is 5. The Balaban J connectivity index is 2.18. The molecule has 0 fully saturated rings. The summed E-state index contributed by atoms with van der Waals surface area (Å²) < 4.78 is 85.5. The Morgan fingerprint density at radius 2 is 1.77 bits per heavy atom. The lowest BCUT2D eigenvalue weighted by atomic mass is 10.3. The molecule has 0 saturated carbocycles. The lowest BCUT2D eigenvalue weighted by molar-refractivity contribution is -0.134. The number of thiophene rings is 1. The highest BCUT2D eigenvalue weighted by Crippen LogP contribution is 2.39. The molecule has 142 valence electrons. The van der Waals surface area contributed by atoms with Crippen LogP contribution in [-0.2, 0) is 6.18 Å². The van der Waals surface area contributed by atoms with Crippen molar-refractivity contribution in [3.8, 4) is 17.5 Å². The van der Waals surface area contributed by atoms with Crippen molar-refractivity contribution >= 4 is 23.1 Å². The van der Waals surface area contributed by atoms with Crippen LogP contribution < -0.4 is 9.47 Å². The van der Waals surface area contributed by atoms with Crippen molar-refractivity contribution in [1.82, 2.24) is 4.98 Å².